The number of halogens is 3. The largest absolute Gasteiger partial charge is 0.416 e. The third-order valence-corrected chi connectivity index (χ3v) is 10.6. The highest BCUT2D eigenvalue weighted by atomic mass is 32.2. The number of rotatable bonds is 5. The number of para-hydroxylation sites is 1. The van der Waals surface area contributed by atoms with Crippen molar-refractivity contribution in [2.24, 2.45) is 5.92 Å². The number of sulfone groups is 1. The van der Waals surface area contributed by atoms with Crippen LogP contribution in [0.3, 0.4) is 0 Å². The van der Waals surface area contributed by atoms with Gasteiger partial charge in [0, 0.05) is 24.3 Å². The first-order chi connectivity index (χ1) is 18.8. The summed E-state index contributed by atoms with van der Waals surface area (Å²) in [4.78, 5) is 19.4. The number of benzene rings is 3. The molecule has 0 atom stereocenters. The van der Waals surface area contributed by atoms with Crippen LogP contribution in [-0.4, -0.2) is 46.6 Å². The molecule has 3 aromatic carbocycles. The highest BCUT2D eigenvalue weighted by Crippen LogP contribution is 2.40. The van der Waals surface area contributed by atoms with Crippen LogP contribution in [0.5, 0.6) is 0 Å². The number of aryl methyl sites for hydroxylation is 1. The lowest BCUT2D eigenvalue weighted by molar-refractivity contribution is -0.137. The molecular weight excluding hydrogens is 539 g/mol. The first-order valence-electron chi connectivity index (χ1n) is 13.1. The van der Waals surface area contributed by atoms with Crippen LogP contribution >= 0.6 is 0 Å². The van der Waals surface area contributed by atoms with Crippen molar-refractivity contribution in [1.82, 2.24) is 14.5 Å². The summed E-state index contributed by atoms with van der Waals surface area (Å²) in [5.41, 5.74) is 2.08. The number of carbonyl (C=O) groups is 1. The minimum Gasteiger partial charge on any atom is -0.339 e. The van der Waals surface area contributed by atoms with Gasteiger partial charge in [-0.25, -0.2) is 13.4 Å². The Morgan fingerprint density at radius 1 is 0.925 bits per heavy atom. The smallest absolute Gasteiger partial charge is 0.339 e. The number of carbonyl (C=O) groups excluding carboxylic acids is 1. The zero-order chi connectivity index (χ0) is 28.9. The van der Waals surface area contributed by atoms with Gasteiger partial charge in [-0.3, -0.25) is 9.36 Å². The molecule has 10 heteroatoms. The molecule has 1 aliphatic rings. The normalized spacial score (nSPS) is 15.5. The number of aromatic nitrogens is 2. The predicted molar refractivity (Wildman–Crippen MR) is 147 cm³/mol. The van der Waals surface area contributed by atoms with Gasteiger partial charge in [0.25, 0.3) is 5.91 Å². The molecule has 1 fully saturated rings. The number of imidazole rings is 1. The number of alkyl halides is 3. The average Bonchev–Trinajstić information content (AvgIpc) is 3.27. The van der Waals surface area contributed by atoms with Crippen molar-refractivity contribution in [2.45, 2.75) is 49.4 Å². The zero-order valence-electron chi connectivity index (χ0n) is 22.4. The Bertz CT molecular complexity index is 1670. The zero-order valence-corrected chi connectivity index (χ0v) is 23.3. The molecule has 0 saturated carbocycles. The van der Waals surface area contributed by atoms with Gasteiger partial charge in [-0.05, 0) is 88.1 Å². The van der Waals surface area contributed by atoms with E-state index in [0.717, 1.165) is 29.2 Å². The van der Waals surface area contributed by atoms with E-state index in [1.807, 2.05) is 47.9 Å². The molecule has 0 bridgehead atoms. The maximum absolute atomic E-state index is 13.5. The van der Waals surface area contributed by atoms with Gasteiger partial charge >= 0.3 is 6.18 Å². The third-order valence-electron chi connectivity index (χ3n) is 8.01. The van der Waals surface area contributed by atoms with E-state index >= 15 is 0 Å². The van der Waals surface area contributed by atoms with Gasteiger partial charge in [0.2, 0.25) is 0 Å². The fraction of sp³-hybridized carbons (Fsp3) is 0.333. The molecule has 210 valence electrons. The molecule has 6 nitrogen and oxygen atoms in total. The SMILES string of the molecule is Cc1nc2cc(C(=O)N3CCC(C(C)(C)S(=O)(=O)c4cccc(C(F)(F)F)c4)CC3)ccc2n1-c1ccccc1. The monoisotopic (exact) mass is 569 g/mol. The van der Waals surface area contributed by atoms with E-state index < -0.39 is 26.3 Å². The maximum Gasteiger partial charge on any atom is 0.416 e. The van der Waals surface area contributed by atoms with Crippen LogP contribution in [0.2, 0.25) is 0 Å². The third kappa shape index (κ3) is 4.89. The van der Waals surface area contributed by atoms with Crippen LogP contribution in [0.4, 0.5) is 13.2 Å². The van der Waals surface area contributed by atoms with Gasteiger partial charge in [0.1, 0.15) is 5.82 Å². The Kier molecular flexibility index (Phi) is 7.02. The molecule has 1 amide bonds. The molecule has 1 aromatic heterocycles. The fourth-order valence-corrected chi connectivity index (χ4v) is 7.38. The molecule has 1 aliphatic heterocycles. The Hall–Kier alpha value is -3.66. The topological polar surface area (TPSA) is 72.3 Å². The number of fused-ring (bicyclic) bond motifs is 1. The molecule has 0 N–H and O–H groups in total. The summed E-state index contributed by atoms with van der Waals surface area (Å²) in [7, 11) is -4.07. The number of likely N-dealkylation sites (tertiary alicyclic amines) is 1. The van der Waals surface area contributed by atoms with E-state index in [1.54, 1.807) is 30.9 Å². The minimum atomic E-state index is -4.64. The van der Waals surface area contributed by atoms with Gasteiger partial charge in [-0.15, -0.1) is 0 Å². The standard InChI is InChI=1S/C30H30F3N3O3S/c1-20-34-26-18-21(12-13-27(26)36(20)24-9-5-4-6-10-24)28(37)35-16-14-22(15-17-35)29(2,3)40(38,39)25-11-7-8-23(19-25)30(31,32)33/h4-13,18-19,22H,14-17H2,1-3H3. The van der Waals surface area contributed by atoms with E-state index in [4.69, 9.17) is 0 Å². The number of hydrogen-bond acceptors (Lipinski definition) is 4. The quantitative estimate of drug-likeness (QED) is 0.277. The molecule has 0 aliphatic carbocycles. The first kappa shape index (κ1) is 27.9. The molecule has 0 unspecified atom stereocenters. The lowest BCUT2D eigenvalue weighted by atomic mass is 9.85. The lowest BCUT2D eigenvalue weighted by Crippen LogP contribution is -2.47. The second-order valence-electron chi connectivity index (χ2n) is 10.7. The summed E-state index contributed by atoms with van der Waals surface area (Å²) in [5.74, 6) is 0.310. The van der Waals surface area contributed by atoms with Gasteiger partial charge in [0.15, 0.2) is 9.84 Å². The molecule has 2 heterocycles. The van der Waals surface area contributed by atoms with Crippen LogP contribution in [0.15, 0.2) is 77.7 Å². The lowest BCUT2D eigenvalue weighted by Gasteiger charge is -2.40. The number of nitrogens with zero attached hydrogens (tertiary/aromatic N) is 3. The van der Waals surface area contributed by atoms with E-state index in [0.29, 0.717) is 43.1 Å². The summed E-state index contributed by atoms with van der Waals surface area (Å²) in [6, 6.07) is 19.2. The highest BCUT2D eigenvalue weighted by Gasteiger charge is 2.45. The van der Waals surface area contributed by atoms with Gasteiger partial charge in [-0.1, -0.05) is 24.3 Å². The van der Waals surface area contributed by atoms with Gasteiger partial charge < -0.3 is 4.90 Å². The minimum absolute atomic E-state index is 0.161. The number of amides is 1. The van der Waals surface area contributed by atoms with Crippen LogP contribution in [0.25, 0.3) is 16.7 Å². The van der Waals surface area contributed by atoms with Crippen molar-refractivity contribution in [3.63, 3.8) is 0 Å². The molecule has 0 spiro atoms. The second kappa shape index (κ2) is 10.1. The summed E-state index contributed by atoms with van der Waals surface area (Å²) in [5, 5.41) is 0. The van der Waals surface area contributed by atoms with E-state index in [1.165, 1.54) is 6.07 Å². The van der Waals surface area contributed by atoms with Gasteiger partial charge in [0.05, 0.1) is 26.2 Å². The highest BCUT2D eigenvalue weighted by molar-refractivity contribution is 7.92. The summed E-state index contributed by atoms with van der Waals surface area (Å²) < 4.78 is 67.3. The van der Waals surface area contributed by atoms with Crippen molar-refractivity contribution < 1.29 is 26.4 Å². The molecule has 5 rings (SSSR count). The van der Waals surface area contributed by atoms with Crippen molar-refractivity contribution >= 4 is 26.8 Å². The maximum atomic E-state index is 13.5. The van der Waals surface area contributed by atoms with Crippen molar-refractivity contribution in [3.8, 4) is 5.69 Å². The molecule has 4 aromatic rings. The summed E-state index contributed by atoms with van der Waals surface area (Å²) in [6.45, 7) is 5.73. The van der Waals surface area contributed by atoms with Crippen molar-refractivity contribution in [3.05, 3.63) is 89.7 Å². The Labute approximate surface area is 231 Å². The summed E-state index contributed by atoms with van der Waals surface area (Å²) in [6.07, 6.45) is -3.80. The predicted octanol–water partition coefficient (Wildman–Crippen LogP) is 6.46. The van der Waals surface area contributed by atoms with Crippen LogP contribution in [-0.2, 0) is 16.0 Å². The van der Waals surface area contributed by atoms with Crippen LogP contribution < -0.4 is 0 Å². The van der Waals surface area contributed by atoms with Crippen LogP contribution in [0.1, 0.15) is 48.4 Å². The average molecular weight is 570 g/mol. The number of piperidine rings is 1. The fourth-order valence-electron chi connectivity index (χ4n) is 5.56. The van der Waals surface area contributed by atoms with E-state index in [2.05, 4.69) is 4.98 Å². The van der Waals surface area contributed by atoms with Gasteiger partial charge in [-0.2, -0.15) is 13.2 Å². The summed E-state index contributed by atoms with van der Waals surface area (Å²) >= 11 is 0. The molecule has 1 saturated heterocycles. The van der Waals surface area contributed by atoms with E-state index in [9.17, 15) is 26.4 Å². The van der Waals surface area contributed by atoms with Crippen molar-refractivity contribution in [1.29, 1.82) is 0 Å². The molecular formula is C30H30F3N3O3S. The van der Waals surface area contributed by atoms with E-state index in [-0.39, 0.29) is 16.7 Å². The number of hydrogen-bond donors (Lipinski definition) is 0. The Balaban J connectivity index is 1.32. The first-order valence-corrected chi connectivity index (χ1v) is 14.5. The molecule has 40 heavy (non-hydrogen) atoms. The molecule has 0 radical (unpaired) electrons. The van der Waals surface area contributed by atoms with Crippen molar-refractivity contribution in [2.75, 3.05) is 13.1 Å². The van der Waals surface area contributed by atoms with Crippen LogP contribution in [0, 0.1) is 12.8 Å². The Morgan fingerprint density at radius 3 is 2.25 bits per heavy atom. The second-order valence-corrected chi connectivity index (χ2v) is 13.3. The Morgan fingerprint density at radius 2 is 1.60 bits per heavy atom.